The smallest absolute Gasteiger partial charge is 0.221 e. The maximum absolute atomic E-state index is 13.7. The number of nitrogens with one attached hydrogen (secondary N) is 1. The molecule has 1 N–H and O–H groups in total. The van der Waals surface area contributed by atoms with Crippen molar-refractivity contribution < 1.29 is 9.18 Å². The number of rotatable bonds is 6. The van der Waals surface area contributed by atoms with Crippen LogP contribution in [0.1, 0.15) is 19.2 Å². The Morgan fingerprint density at radius 2 is 2.24 bits per heavy atom. The van der Waals surface area contributed by atoms with Crippen LogP contribution in [0.4, 0.5) is 4.39 Å². The van der Waals surface area contributed by atoms with Crippen molar-refractivity contribution in [2.24, 2.45) is 0 Å². The molecule has 0 fully saturated rings. The highest BCUT2D eigenvalue weighted by Crippen LogP contribution is 2.24. The first-order valence-corrected chi connectivity index (χ1v) is 7.64. The van der Waals surface area contributed by atoms with Gasteiger partial charge in [0.25, 0.3) is 0 Å². The van der Waals surface area contributed by atoms with E-state index in [4.69, 9.17) is 23.2 Å². The van der Waals surface area contributed by atoms with Crippen molar-refractivity contribution in [2.75, 3.05) is 12.4 Å². The van der Waals surface area contributed by atoms with E-state index in [-0.39, 0.29) is 10.9 Å². The van der Waals surface area contributed by atoms with Crippen LogP contribution in [0.3, 0.4) is 0 Å². The molecule has 0 aliphatic heterocycles. The summed E-state index contributed by atoms with van der Waals surface area (Å²) in [5.41, 5.74) is 1.23. The molecule has 0 spiro atoms. The van der Waals surface area contributed by atoms with Gasteiger partial charge in [-0.2, -0.15) is 0 Å². The van der Waals surface area contributed by atoms with Gasteiger partial charge in [-0.1, -0.05) is 11.6 Å². The number of aryl methyl sites for hydroxylation is 2. The summed E-state index contributed by atoms with van der Waals surface area (Å²) < 4.78 is 15.5. The van der Waals surface area contributed by atoms with Gasteiger partial charge in [-0.15, -0.1) is 11.6 Å². The van der Waals surface area contributed by atoms with E-state index in [0.29, 0.717) is 42.8 Å². The minimum atomic E-state index is -0.499. The van der Waals surface area contributed by atoms with Crippen molar-refractivity contribution in [3.63, 3.8) is 0 Å². The van der Waals surface area contributed by atoms with E-state index in [9.17, 15) is 9.18 Å². The van der Waals surface area contributed by atoms with Crippen LogP contribution in [0.15, 0.2) is 12.1 Å². The van der Waals surface area contributed by atoms with Crippen LogP contribution in [0.5, 0.6) is 0 Å². The van der Waals surface area contributed by atoms with Gasteiger partial charge in [-0.05, 0) is 13.0 Å². The molecule has 0 radical (unpaired) electrons. The highest BCUT2D eigenvalue weighted by Gasteiger charge is 2.14. The first-order valence-electron chi connectivity index (χ1n) is 6.73. The topological polar surface area (TPSA) is 46.9 Å². The SMILES string of the molecule is CCNC(=O)CCn1c(CCCl)nc2cc(Cl)c(F)cc21. The van der Waals surface area contributed by atoms with Crippen molar-refractivity contribution in [1.82, 2.24) is 14.9 Å². The molecule has 0 saturated heterocycles. The Labute approximate surface area is 132 Å². The summed E-state index contributed by atoms with van der Waals surface area (Å²) in [6.07, 6.45) is 0.851. The number of amides is 1. The molecule has 0 aliphatic rings. The summed E-state index contributed by atoms with van der Waals surface area (Å²) in [6, 6.07) is 2.84. The van der Waals surface area contributed by atoms with Crippen LogP contribution in [-0.2, 0) is 17.8 Å². The fraction of sp³-hybridized carbons (Fsp3) is 0.429. The fourth-order valence-corrected chi connectivity index (χ4v) is 2.52. The summed E-state index contributed by atoms with van der Waals surface area (Å²) in [7, 11) is 0. The van der Waals surface area contributed by atoms with Crippen LogP contribution in [0.2, 0.25) is 5.02 Å². The van der Waals surface area contributed by atoms with Gasteiger partial charge in [0.15, 0.2) is 0 Å². The predicted molar refractivity (Wildman–Crippen MR) is 82.4 cm³/mol. The Balaban J connectivity index is 2.36. The molecule has 1 aromatic carbocycles. The van der Waals surface area contributed by atoms with Crippen molar-refractivity contribution in [1.29, 1.82) is 0 Å². The molecule has 7 heteroatoms. The normalized spacial score (nSPS) is 11.0. The number of carbonyl (C=O) groups is 1. The molecular formula is C14H16Cl2FN3O. The minimum absolute atomic E-state index is 0.0355. The Hall–Kier alpha value is -1.33. The van der Waals surface area contributed by atoms with Gasteiger partial charge in [-0.3, -0.25) is 4.79 Å². The van der Waals surface area contributed by atoms with E-state index in [1.54, 1.807) is 0 Å². The van der Waals surface area contributed by atoms with Gasteiger partial charge in [-0.25, -0.2) is 9.37 Å². The van der Waals surface area contributed by atoms with E-state index in [2.05, 4.69) is 10.3 Å². The van der Waals surface area contributed by atoms with Crippen LogP contribution in [-0.4, -0.2) is 27.9 Å². The molecule has 1 heterocycles. The third-order valence-electron chi connectivity index (χ3n) is 3.12. The zero-order chi connectivity index (χ0) is 15.4. The lowest BCUT2D eigenvalue weighted by Crippen LogP contribution is -2.24. The number of hydrogen-bond donors (Lipinski definition) is 1. The number of alkyl halides is 1. The third-order valence-corrected chi connectivity index (χ3v) is 3.60. The second-order valence-corrected chi connectivity index (χ2v) is 5.36. The average Bonchev–Trinajstić information content (AvgIpc) is 2.75. The Bertz CT molecular complexity index is 657. The number of carbonyl (C=O) groups excluding carboxylic acids is 1. The van der Waals surface area contributed by atoms with E-state index < -0.39 is 5.82 Å². The summed E-state index contributed by atoms with van der Waals surface area (Å²) in [5, 5.41) is 2.77. The Morgan fingerprint density at radius 3 is 2.90 bits per heavy atom. The van der Waals surface area contributed by atoms with E-state index in [1.807, 2.05) is 11.5 Å². The minimum Gasteiger partial charge on any atom is -0.356 e. The molecule has 2 rings (SSSR count). The number of imidazole rings is 1. The molecule has 0 saturated carbocycles. The highest BCUT2D eigenvalue weighted by atomic mass is 35.5. The first-order chi connectivity index (χ1) is 10.1. The predicted octanol–water partition coefficient (Wildman–Crippen LogP) is 3.14. The van der Waals surface area contributed by atoms with Crippen LogP contribution >= 0.6 is 23.2 Å². The van der Waals surface area contributed by atoms with Crippen LogP contribution in [0.25, 0.3) is 11.0 Å². The van der Waals surface area contributed by atoms with Crippen LogP contribution in [0, 0.1) is 5.82 Å². The maximum Gasteiger partial charge on any atom is 0.221 e. The van der Waals surface area contributed by atoms with E-state index in [1.165, 1.54) is 12.1 Å². The van der Waals surface area contributed by atoms with Crippen molar-refractivity contribution >= 4 is 40.1 Å². The summed E-state index contributed by atoms with van der Waals surface area (Å²) >= 11 is 11.6. The molecule has 1 aromatic heterocycles. The lowest BCUT2D eigenvalue weighted by molar-refractivity contribution is -0.121. The third kappa shape index (κ3) is 3.66. The largest absolute Gasteiger partial charge is 0.356 e. The number of fused-ring (bicyclic) bond motifs is 1. The quantitative estimate of drug-likeness (QED) is 0.826. The monoisotopic (exact) mass is 331 g/mol. The average molecular weight is 332 g/mol. The molecule has 4 nitrogen and oxygen atoms in total. The molecule has 114 valence electrons. The highest BCUT2D eigenvalue weighted by molar-refractivity contribution is 6.31. The molecule has 1 amide bonds. The van der Waals surface area contributed by atoms with Gasteiger partial charge in [0.2, 0.25) is 5.91 Å². The Kier molecular flexibility index (Phi) is 5.42. The zero-order valence-corrected chi connectivity index (χ0v) is 13.1. The first kappa shape index (κ1) is 16.0. The van der Waals surface area contributed by atoms with Gasteiger partial charge in [0, 0.05) is 37.9 Å². The van der Waals surface area contributed by atoms with Crippen molar-refractivity contribution in [3.8, 4) is 0 Å². The fourth-order valence-electron chi connectivity index (χ4n) is 2.19. The second-order valence-electron chi connectivity index (χ2n) is 4.58. The lowest BCUT2D eigenvalue weighted by Gasteiger charge is -2.08. The van der Waals surface area contributed by atoms with Crippen molar-refractivity contribution in [3.05, 3.63) is 28.8 Å². The lowest BCUT2D eigenvalue weighted by atomic mass is 10.3. The van der Waals surface area contributed by atoms with Gasteiger partial charge in [0.05, 0.1) is 16.1 Å². The second kappa shape index (κ2) is 7.09. The molecule has 21 heavy (non-hydrogen) atoms. The summed E-state index contributed by atoms with van der Waals surface area (Å²) in [5.74, 6) is 0.582. The van der Waals surface area contributed by atoms with E-state index >= 15 is 0 Å². The van der Waals surface area contributed by atoms with Crippen molar-refractivity contribution in [2.45, 2.75) is 26.3 Å². The number of nitrogens with zero attached hydrogens (tertiary/aromatic N) is 2. The molecule has 2 aromatic rings. The Morgan fingerprint density at radius 1 is 1.48 bits per heavy atom. The van der Waals surface area contributed by atoms with Gasteiger partial charge >= 0.3 is 0 Å². The number of aromatic nitrogens is 2. The van der Waals surface area contributed by atoms with E-state index in [0.717, 1.165) is 5.82 Å². The van der Waals surface area contributed by atoms with Gasteiger partial charge < -0.3 is 9.88 Å². The summed E-state index contributed by atoms with van der Waals surface area (Å²) in [4.78, 5) is 16.0. The summed E-state index contributed by atoms with van der Waals surface area (Å²) in [6.45, 7) is 2.87. The molecule has 0 atom stereocenters. The maximum atomic E-state index is 13.7. The van der Waals surface area contributed by atoms with Crippen LogP contribution < -0.4 is 5.32 Å². The van der Waals surface area contributed by atoms with Gasteiger partial charge in [0.1, 0.15) is 11.6 Å². The molecule has 0 bridgehead atoms. The number of hydrogen-bond acceptors (Lipinski definition) is 2. The molecule has 0 unspecified atom stereocenters. The molecular weight excluding hydrogens is 316 g/mol. The zero-order valence-electron chi connectivity index (χ0n) is 11.6. The number of halogens is 3. The number of benzene rings is 1. The standard InChI is InChI=1S/C14H16Cl2FN3O/c1-2-18-14(21)4-6-20-12-8-10(17)9(16)7-11(12)19-13(20)3-5-15/h7-8H,2-6H2,1H3,(H,18,21). The molecule has 0 aliphatic carbocycles.